The van der Waals surface area contributed by atoms with Gasteiger partial charge in [0, 0.05) is 0 Å². The van der Waals surface area contributed by atoms with Crippen molar-refractivity contribution in [2.75, 3.05) is 0 Å². The van der Waals surface area contributed by atoms with Crippen LogP contribution in [0.15, 0.2) is 30.3 Å². The lowest BCUT2D eigenvalue weighted by atomic mass is 9.76. The van der Waals surface area contributed by atoms with E-state index in [1.165, 1.54) is 12.0 Å². The quantitative estimate of drug-likeness (QED) is 0.870. The average Bonchev–Trinajstić information content (AvgIpc) is 2.47. The molecule has 0 bridgehead atoms. The minimum atomic E-state index is -0.682. The predicted octanol–water partition coefficient (Wildman–Crippen LogP) is 3.55. The van der Waals surface area contributed by atoms with Crippen molar-refractivity contribution >= 4 is 5.91 Å². The molecule has 2 rings (SSSR count). The predicted molar refractivity (Wildman–Crippen MR) is 86.8 cm³/mol. The van der Waals surface area contributed by atoms with E-state index in [1.54, 1.807) is 0 Å². The van der Waals surface area contributed by atoms with E-state index in [2.05, 4.69) is 31.3 Å². The first-order valence-corrected chi connectivity index (χ1v) is 8.20. The van der Waals surface area contributed by atoms with Gasteiger partial charge in [-0.1, -0.05) is 63.4 Å². The Morgan fingerprint density at radius 1 is 1.43 bits per heavy atom. The molecule has 0 aromatic heterocycles. The lowest BCUT2D eigenvalue weighted by molar-refractivity contribution is -0.128. The molecule has 1 aromatic rings. The second-order valence-electron chi connectivity index (χ2n) is 6.58. The van der Waals surface area contributed by atoms with Crippen LogP contribution in [-0.2, 0) is 4.79 Å². The molecule has 3 nitrogen and oxygen atoms in total. The Kier molecular flexibility index (Phi) is 5.40. The highest BCUT2D eigenvalue weighted by Crippen LogP contribution is 2.31. The van der Waals surface area contributed by atoms with Crippen molar-refractivity contribution in [2.45, 2.75) is 64.0 Å². The number of nitrogens with two attached hydrogens (primary N) is 1. The van der Waals surface area contributed by atoms with E-state index >= 15 is 0 Å². The molecule has 1 fully saturated rings. The van der Waals surface area contributed by atoms with Crippen LogP contribution in [-0.4, -0.2) is 11.4 Å². The van der Waals surface area contributed by atoms with Crippen molar-refractivity contribution in [1.82, 2.24) is 5.32 Å². The third kappa shape index (κ3) is 4.07. The molecule has 1 aliphatic rings. The van der Waals surface area contributed by atoms with Gasteiger partial charge in [-0.05, 0) is 30.7 Å². The standard InChI is InChI=1S/C18H28N2O/c1-3-8-16(15-10-5-4-6-11-15)20-17(21)18(19)12-7-9-14(2)13-18/h4-6,10-11,14,16H,3,7-9,12-13,19H2,1-2H3,(H,20,21). The Balaban J connectivity index is 2.08. The van der Waals surface area contributed by atoms with Gasteiger partial charge < -0.3 is 11.1 Å². The second-order valence-corrected chi connectivity index (χ2v) is 6.58. The van der Waals surface area contributed by atoms with E-state index in [0.717, 1.165) is 32.1 Å². The summed E-state index contributed by atoms with van der Waals surface area (Å²) in [7, 11) is 0. The van der Waals surface area contributed by atoms with Gasteiger partial charge in [-0.2, -0.15) is 0 Å². The van der Waals surface area contributed by atoms with Crippen LogP contribution in [0.1, 0.15) is 64.0 Å². The topological polar surface area (TPSA) is 55.1 Å². The summed E-state index contributed by atoms with van der Waals surface area (Å²) in [6.45, 7) is 4.33. The molecule has 0 heterocycles. The minimum absolute atomic E-state index is 0.0244. The zero-order chi connectivity index (χ0) is 15.3. The van der Waals surface area contributed by atoms with Crippen molar-refractivity contribution in [3.05, 3.63) is 35.9 Å². The molecule has 0 aliphatic heterocycles. The number of nitrogens with one attached hydrogen (secondary N) is 1. The van der Waals surface area contributed by atoms with E-state index in [-0.39, 0.29) is 11.9 Å². The normalized spacial score (nSPS) is 27.1. The summed E-state index contributed by atoms with van der Waals surface area (Å²) in [6, 6.07) is 10.3. The molecule has 1 amide bonds. The van der Waals surface area contributed by atoms with Crippen molar-refractivity contribution in [3.63, 3.8) is 0 Å². The summed E-state index contributed by atoms with van der Waals surface area (Å²) in [4.78, 5) is 12.7. The monoisotopic (exact) mass is 288 g/mol. The molecule has 0 radical (unpaired) electrons. The maximum atomic E-state index is 12.7. The third-order valence-corrected chi connectivity index (χ3v) is 4.57. The molecule has 21 heavy (non-hydrogen) atoms. The third-order valence-electron chi connectivity index (χ3n) is 4.57. The summed E-state index contributed by atoms with van der Waals surface area (Å²) >= 11 is 0. The van der Waals surface area contributed by atoms with Gasteiger partial charge in [0.05, 0.1) is 11.6 Å². The number of benzene rings is 1. The van der Waals surface area contributed by atoms with Gasteiger partial charge in [0.25, 0.3) is 0 Å². The van der Waals surface area contributed by atoms with Crippen LogP contribution in [0.3, 0.4) is 0 Å². The Hall–Kier alpha value is -1.35. The Morgan fingerprint density at radius 3 is 2.76 bits per heavy atom. The fraction of sp³-hybridized carbons (Fsp3) is 0.611. The molecule has 3 heteroatoms. The molecule has 1 saturated carbocycles. The van der Waals surface area contributed by atoms with E-state index in [1.807, 2.05) is 18.2 Å². The van der Waals surface area contributed by atoms with Gasteiger partial charge in [0.15, 0.2) is 0 Å². The number of amides is 1. The molecule has 0 saturated heterocycles. The van der Waals surface area contributed by atoms with Gasteiger partial charge in [0.2, 0.25) is 5.91 Å². The summed E-state index contributed by atoms with van der Waals surface area (Å²) < 4.78 is 0. The van der Waals surface area contributed by atoms with E-state index in [4.69, 9.17) is 5.73 Å². The fourth-order valence-electron chi connectivity index (χ4n) is 3.40. The molecule has 0 spiro atoms. The maximum Gasteiger partial charge on any atom is 0.240 e. The molecule has 3 N–H and O–H groups in total. The first-order chi connectivity index (χ1) is 10.0. The van der Waals surface area contributed by atoms with Gasteiger partial charge in [-0.15, -0.1) is 0 Å². The summed E-state index contributed by atoms with van der Waals surface area (Å²) in [5.41, 5.74) is 6.89. The molecular weight excluding hydrogens is 260 g/mol. The fourth-order valence-corrected chi connectivity index (χ4v) is 3.40. The number of rotatable bonds is 5. The highest BCUT2D eigenvalue weighted by Gasteiger charge is 2.38. The zero-order valence-electron chi connectivity index (χ0n) is 13.3. The van der Waals surface area contributed by atoms with Gasteiger partial charge in [0.1, 0.15) is 0 Å². The lowest BCUT2D eigenvalue weighted by Crippen LogP contribution is -2.56. The van der Waals surface area contributed by atoms with Crippen LogP contribution in [0.25, 0.3) is 0 Å². The number of hydrogen-bond donors (Lipinski definition) is 2. The Morgan fingerprint density at radius 2 is 2.14 bits per heavy atom. The van der Waals surface area contributed by atoms with Crippen LogP contribution in [0, 0.1) is 5.92 Å². The van der Waals surface area contributed by atoms with Gasteiger partial charge >= 0.3 is 0 Å². The van der Waals surface area contributed by atoms with Crippen molar-refractivity contribution < 1.29 is 4.79 Å². The average molecular weight is 288 g/mol. The van der Waals surface area contributed by atoms with Crippen LogP contribution in [0.4, 0.5) is 0 Å². The Bertz CT molecular complexity index is 460. The number of carbonyl (C=O) groups excluding carboxylic acids is 1. The zero-order valence-corrected chi connectivity index (χ0v) is 13.3. The first kappa shape index (κ1) is 16.0. The summed E-state index contributed by atoms with van der Waals surface area (Å²) in [5, 5.41) is 3.20. The highest BCUT2D eigenvalue weighted by molar-refractivity contribution is 5.86. The number of hydrogen-bond acceptors (Lipinski definition) is 2. The molecular formula is C18H28N2O. The molecule has 3 atom stereocenters. The lowest BCUT2D eigenvalue weighted by Gasteiger charge is -2.36. The first-order valence-electron chi connectivity index (χ1n) is 8.20. The largest absolute Gasteiger partial charge is 0.348 e. The van der Waals surface area contributed by atoms with E-state index in [0.29, 0.717) is 5.92 Å². The van der Waals surface area contributed by atoms with Crippen molar-refractivity contribution in [2.24, 2.45) is 11.7 Å². The van der Waals surface area contributed by atoms with Gasteiger partial charge in [-0.3, -0.25) is 4.79 Å². The van der Waals surface area contributed by atoms with Crippen molar-refractivity contribution in [1.29, 1.82) is 0 Å². The highest BCUT2D eigenvalue weighted by atomic mass is 16.2. The molecule has 1 aliphatic carbocycles. The molecule has 3 unspecified atom stereocenters. The SMILES string of the molecule is CCCC(NC(=O)C1(N)CCCC(C)C1)c1ccccc1. The van der Waals surface area contributed by atoms with Crippen LogP contribution in [0.2, 0.25) is 0 Å². The van der Waals surface area contributed by atoms with E-state index < -0.39 is 5.54 Å². The van der Waals surface area contributed by atoms with E-state index in [9.17, 15) is 4.79 Å². The van der Waals surface area contributed by atoms with Crippen molar-refractivity contribution in [3.8, 4) is 0 Å². The summed E-state index contributed by atoms with van der Waals surface area (Å²) in [5.74, 6) is 0.562. The van der Waals surface area contributed by atoms with Crippen LogP contribution in [0.5, 0.6) is 0 Å². The van der Waals surface area contributed by atoms with Crippen LogP contribution >= 0.6 is 0 Å². The summed E-state index contributed by atoms with van der Waals surface area (Å²) in [6.07, 6.45) is 5.82. The number of carbonyl (C=O) groups is 1. The molecule has 1 aromatic carbocycles. The second kappa shape index (κ2) is 7.08. The Labute approximate surface area is 128 Å². The smallest absolute Gasteiger partial charge is 0.240 e. The molecule has 116 valence electrons. The van der Waals surface area contributed by atoms with Crippen LogP contribution < -0.4 is 11.1 Å². The van der Waals surface area contributed by atoms with Gasteiger partial charge in [-0.25, -0.2) is 0 Å². The minimum Gasteiger partial charge on any atom is -0.348 e. The maximum absolute atomic E-state index is 12.7.